The Morgan fingerprint density at radius 3 is 2.88 bits per heavy atom. The molecule has 2 amide bonds. The molecule has 6 nitrogen and oxygen atoms in total. The minimum Gasteiger partial charge on any atom is -0.376 e. The summed E-state index contributed by atoms with van der Waals surface area (Å²) in [5.74, 6) is -1.15. The molecule has 0 spiro atoms. The van der Waals surface area contributed by atoms with Crippen LogP contribution in [0.25, 0.3) is 0 Å². The van der Waals surface area contributed by atoms with E-state index in [1.165, 1.54) is 23.2 Å². The zero-order valence-electron chi connectivity index (χ0n) is 14.8. The Morgan fingerprint density at radius 1 is 1.24 bits per heavy atom. The predicted octanol–water partition coefficient (Wildman–Crippen LogP) is 1.02. The van der Waals surface area contributed by atoms with Crippen LogP contribution in [0.3, 0.4) is 0 Å². The van der Waals surface area contributed by atoms with Gasteiger partial charge in [-0.3, -0.25) is 9.59 Å². The first-order valence-corrected chi connectivity index (χ1v) is 9.14. The second kappa shape index (κ2) is 8.34. The second-order valence-corrected chi connectivity index (χ2v) is 6.84. The first kappa shape index (κ1) is 17.7. The smallest absolute Gasteiger partial charge is 0.309 e. The summed E-state index contributed by atoms with van der Waals surface area (Å²) in [7, 11) is 2.12. The minimum absolute atomic E-state index is 0.0466. The van der Waals surface area contributed by atoms with Gasteiger partial charge >= 0.3 is 11.8 Å². The molecule has 1 aromatic rings. The average molecular weight is 345 g/mol. The van der Waals surface area contributed by atoms with E-state index >= 15 is 0 Å². The van der Waals surface area contributed by atoms with Gasteiger partial charge in [0, 0.05) is 39.0 Å². The monoisotopic (exact) mass is 345 g/mol. The van der Waals surface area contributed by atoms with E-state index in [2.05, 4.69) is 40.8 Å². The normalized spacial score (nSPS) is 19.4. The summed E-state index contributed by atoms with van der Waals surface area (Å²) < 4.78 is 5.43. The fourth-order valence-corrected chi connectivity index (χ4v) is 3.49. The van der Waals surface area contributed by atoms with Crippen molar-refractivity contribution in [3.63, 3.8) is 0 Å². The van der Waals surface area contributed by atoms with E-state index in [-0.39, 0.29) is 6.10 Å². The highest BCUT2D eigenvalue weighted by atomic mass is 16.5. The lowest BCUT2D eigenvalue weighted by Gasteiger charge is -2.27. The second-order valence-electron chi connectivity index (χ2n) is 6.84. The Balaban J connectivity index is 1.41. The van der Waals surface area contributed by atoms with Gasteiger partial charge in [-0.2, -0.15) is 0 Å². The molecule has 1 atom stereocenters. The van der Waals surface area contributed by atoms with E-state index in [1.807, 2.05) is 0 Å². The number of carbonyl (C=O) groups excluding carboxylic acids is 2. The van der Waals surface area contributed by atoms with Crippen LogP contribution in [0.15, 0.2) is 18.2 Å². The number of amides is 2. The number of ether oxygens (including phenoxy) is 1. The van der Waals surface area contributed by atoms with E-state index in [4.69, 9.17) is 4.74 Å². The van der Waals surface area contributed by atoms with Gasteiger partial charge in [0.15, 0.2) is 0 Å². The zero-order chi connectivity index (χ0) is 17.6. The quantitative estimate of drug-likeness (QED) is 0.782. The highest BCUT2D eigenvalue weighted by Crippen LogP contribution is 2.26. The molecule has 25 heavy (non-hydrogen) atoms. The van der Waals surface area contributed by atoms with Crippen LogP contribution >= 0.6 is 0 Å². The topological polar surface area (TPSA) is 70.7 Å². The molecule has 136 valence electrons. The van der Waals surface area contributed by atoms with Gasteiger partial charge in [0.2, 0.25) is 0 Å². The largest absolute Gasteiger partial charge is 0.376 e. The number of hydrogen-bond donors (Lipinski definition) is 2. The van der Waals surface area contributed by atoms with Gasteiger partial charge in [0.1, 0.15) is 0 Å². The van der Waals surface area contributed by atoms with Crippen LogP contribution in [-0.2, 0) is 27.2 Å². The Hall–Kier alpha value is -2.08. The van der Waals surface area contributed by atoms with Gasteiger partial charge in [0.05, 0.1) is 6.10 Å². The number of nitrogens with one attached hydrogen (secondary N) is 2. The van der Waals surface area contributed by atoms with Crippen molar-refractivity contribution in [2.45, 2.75) is 38.2 Å². The van der Waals surface area contributed by atoms with Crippen molar-refractivity contribution >= 4 is 17.5 Å². The molecule has 2 heterocycles. The lowest BCUT2D eigenvalue weighted by atomic mass is 9.98. The van der Waals surface area contributed by atoms with Crippen molar-refractivity contribution in [2.75, 3.05) is 38.2 Å². The summed E-state index contributed by atoms with van der Waals surface area (Å²) in [6, 6.07) is 6.47. The first-order valence-electron chi connectivity index (χ1n) is 9.14. The minimum atomic E-state index is -0.581. The van der Waals surface area contributed by atoms with Crippen LogP contribution in [-0.4, -0.2) is 51.2 Å². The molecular weight excluding hydrogens is 318 g/mol. The van der Waals surface area contributed by atoms with E-state index in [1.54, 1.807) is 0 Å². The molecule has 0 aliphatic carbocycles. The molecule has 0 radical (unpaired) electrons. The van der Waals surface area contributed by atoms with Crippen molar-refractivity contribution < 1.29 is 14.3 Å². The summed E-state index contributed by atoms with van der Waals surface area (Å²) in [4.78, 5) is 25.9. The average Bonchev–Trinajstić information content (AvgIpc) is 3.13. The molecular formula is C19H27N3O3. The van der Waals surface area contributed by atoms with Crippen LogP contribution in [0.2, 0.25) is 0 Å². The van der Waals surface area contributed by atoms with Gasteiger partial charge in [-0.25, -0.2) is 0 Å². The lowest BCUT2D eigenvalue weighted by molar-refractivity contribution is -0.139. The number of carbonyl (C=O) groups is 2. The van der Waals surface area contributed by atoms with Crippen LogP contribution < -0.4 is 15.5 Å². The summed E-state index contributed by atoms with van der Waals surface area (Å²) >= 11 is 0. The molecule has 1 unspecified atom stereocenters. The summed E-state index contributed by atoms with van der Waals surface area (Å²) in [6.07, 6.45) is 5.01. The highest BCUT2D eigenvalue weighted by molar-refractivity contribution is 6.35. The third-order valence-corrected chi connectivity index (χ3v) is 4.91. The molecule has 1 fully saturated rings. The van der Waals surface area contributed by atoms with Crippen LogP contribution in [0.4, 0.5) is 5.69 Å². The van der Waals surface area contributed by atoms with E-state index < -0.39 is 11.8 Å². The van der Waals surface area contributed by atoms with Crippen molar-refractivity contribution in [3.05, 3.63) is 29.3 Å². The van der Waals surface area contributed by atoms with Gasteiger partial charge in [-0.05, 0) is 49.3 Å². The number of rotatable bonds is 5. The van der Waals surface area contributed by atoms with E-state index in [0.29, 0.717) is 13.1 Å². The van der Waals surface area contributed by atoms with Gasteiger partial charge in [0.25, 0.3) is 0 Å². The molecule has 2 N–H and O–H groups in total. The van der Waals surface area contributed by atoms with Crippen LogP contribution in [0.5, 0.6) is 0 Å². The molecule has 2 aliphatic heterocycles. The fourth-order valence-electron chi connectivity index (χ4n) is 3.49. The number of anilines is 1. The van der Waals surface area contributed by atoms with Gasteiger partial charge < -0.3 is 20.3 Å². The molecule has 1 saturated heterocycles. The summed E-state index contributed by atoms with van der Waals surface area (Å²) in [5, 5.41) is 5.33. The Labute approximate surface area is 148 Å². The molecule has 6 heteroatoms. The Bertz CT molecular complexity index is 626. The van der Waals surface area contributed by atoms with Crippen molar-refractivity contribution in [2.24, 2.45) is 0 Å². The summed E-state index contributed by atoms with van der Waals surface area (Å²) in [6.45, 7) is 2.71. The molecule has 0 saturated carbocycles. The Kier molecular flexibility index (Phi) is 5.91. The standard InChI is InChI=1S/C19H27N3O3/c1-22-10-2-4-15-12-14(6-7-17(15)22)8-9-20-18(23)19(24)21-13-16-5-3-11-25-16/h6-7,12,16H,2-5,8-11,13H2,1H3,(H,20,23)(H,21,24). The first-order chi connectivity index (χ1) is 12.1. The third kappa shape index (κ3) is 4.72. The highest BCUT2D eigenvalue weighted by Gasteiger charge is 2.19. The Morgan fingerprint density at radius 2 is 2.08 bits per heavy atom. The van der Waals surface area contributed by atoms with Crippen LogP contribution in [0, 0.1) is 0 Å². The maximum atomic E-state index is 11.8. The molecule has 0 bridgehead atoms. The van der Waals surface area contributed by atoms with Crippen LogP contribution in [0.1, 0.15) is 30.4 Å². The van der Waals surface area contributed by atoms with Gasteiger partial charge in [-0.1, -0.05) is 12.1 Å². The van der Waals surface area contributed by atoms with Gasteiger partial charge in [-0.15, -0.1) is 0 Å². The number of nitrogens with zero attached hydrogens (tertiary/aromatic N) is 1. The molecule has 0 aromatic heterocycles. The maximum absolute atomic E-state index is 11.8. The molecule has 2 aliphatic rings. The molecule has 3 rings (SSSR count). The summed E-state index contributed by atoms with van der Waals surface area (Å²) in [5.41, 5.74) is 3.86. The number of hydrogen-bond acceptors (Lipinski definition) is 4. The SMILES string of the molecule is CN1CCCc2cc(CCNC(=O)C(=O)NCC3CCCO3)ccc21. The number of fused-ring (bicyclic) bond motifs is 1. The maximum Gasteiger partial charge on any atom is 0.309 e. The zero-order valence-corrected chi connectivity index (χ0v) is 14.8. The fraction of sp³-hybridized carbons (Fsp3) is 0.579. The number of benzene rings is 1. The van der Waals surface area contributed by atoms with Crippen molar-refractivity contribution in [1.29, 1.82) is 0 Å². The lowest BCUT2D eigenvalue weighted by Crippen LogP contribution is -2.43. The van der Waals surface area contributed by atoms with E-state index in [0.717, 1.165) is 38.8 Å². The third-order valence-electron chi connectivity index (χ3n) is 4.91. The van der Waals surface area contributed by atoms with E-state index in [9.17, 15) is 9.59 Å². The predicted molar refractivity (Wildman–Crippen MR) is 96.7 cm³/mol. The molecule has 1 aromatic carbocycles. The van der Waals surface area contributed by atoms with Crippen molar-refractivity contribution in [1.82, 2.24) is 10.6 Å². The number of aryl methyl sites for hydroxylation is 1. The van der Waals surface area contributed by atoms with Crippen molar-refractivity contribution in [3.8, 4) is 0 Å².